The van der Waals surface area contributed by atoms with E-state index in [4.69, 9.17) is 0 Å². The summed E-state index contributed by atoms with van der Waals surface area (Å²) < 4.78 is 0. The Morgan fingerprint density at radius 2 is 1.25 bits per heavy atom. The molecule has 1 nitrogen and oxygen atoms in total. The van der Waals surface area contributed by atoms with E-state index in [1.165, 1.54) is 6.42 Å². The van der Waals surface area contributed by atoms with Crippen molar-refractivity contribution in [3.8, 4) is 0 Å². The van der Waals surface area contributed by atoms with E-state index in [9.17, 15) is 0 Å². The van der Waals surface area contributed by atoms with E-state index in [0.29, 0.717) is 0 Å². The van der Waals surface area contributed by atoms with E-state index in [1.807, 2.05) is 13.8 Å². The van der Waals surface area contributed by atoms with Crippen LogP contribution in [0.15, 0.2) is 0 Å². The van der Waals surface area contributed by atoms with E-state index in [0.717, 1.165) is 0 Å². The molecule has 0 radical (unpaired) electrons. The van der Waals surface area contributed by atoms with Crippen LogP contribution in [0.2, 0.25) is 0 Å². The maximum Gasteiger partial charge on any atom is 0.0127 e. The van der Waals surface area contributed by atoms with E-state index in [2.05, 4.69) is 46.9 Å². The third-order valence-corrected chi connectivity index (χ3v) is 1.60. The normalized spacial score (nSPS) is 12.0. The van der Waals surface area contributed by atoms with Gasteiger partial charge in [-0.15, -0.1) is 0 Å². The lowest BCUT2D eigenvalue weighted by Gasteiger charge is -2.34. The zero-order valence-corrected chi connectivity index (χ0v) is 10.2. The number of rotatable bonds is 2. The van der Waals surface area contributed by atoms with Crippen molar-refractivity contribution in [2.75, 3.05) is 0 Å². The van der Waals surface area contributed by atoms with E-state index in [1.54, 1.807) is 0 Å². The topological polar surface area (TPSA) is 12.0 Å². The van der Waals surface area contributed by atoms with Gasteiger partial charge < -0.3 is 5.32 Å². The fraction of sp³-hybridized carbons (Fsp3) is 1.00. The molecule has 0 unspecified atom stereocenters. The molecule has 0 aliphatic heterocycles. The lowest BCUT2D eigenvalue weighted by molar-refractivity contribution is 0.275. The quantitative estimate of drug-likeness (QED) is 0.673. The summed E-state index contributed by atoms with van der Waals surface area (Å²) in [5, 5.41) is 3.55. The fourth-order valence-corrected chi connectivity index (χ4v) is 1.10. The summed E-state index contributed by atoms with van der Waals surface area (Å²) in [7, 11) is 0. The van der Waals surface area contributed by atoms with Crippen LogP contribution in [-0.4, -0.2) is 11.1 Å². The molecule has 0 aromatic heterocycles. The molecule has 0 fully saturated rings. The minimum absolute atomic E-state index is 0.236. The molecule has 0 rings (SSSR count). The van der Waals surface area contributed by atoms with Crippen molar-refractivity contribution in [2.24, 2.45) is 0 Å². The Morgan fingerprint density at radius 3 is 1.33 bits per heavy atom. The first kappa shape index (κ1) is 14.5. The van der Waals surface area contributed by atoms with Crippen molar-refractivity contribution in [3.05, 3.63) is 0 Å². The standard InChI is InChI=1S/C9H21N.C2H6/c1-7-9(5,6)10-8(2,3)4;1-2/h10H,7H2,1-6H3;1-2H3. The number of hydrogen-bond donors (Lipinski definition) is 1. The zero-order chi connectivity index (χ0) is 10.4. The molecular weight excluding hydrogens is 146 g/mol. The molecule has 0 aromatic rings. The monoisotopic (exact) mass is 173 g/mol. The minimum atomic E-state index is 0.236. The van der Waals surface area contributed by atoms with Crippen LogP contribution in [0.3, 0.4) is 0 Å². The summed E-state index contributed by atoms with van der Waals surface area (Å²) in [5.41, 5.74) is 0.512. The molecule has 0 bridgehead atoms. The maximum absolute atomic E-state index is 3.55. The second-order valence-electron chi connectivity index (χ2n) is 4.61. The highest BCUT2D eigenvalue weighted by Crippen LogP contribution is 2.12. The molecule has 1 heteroatoms. The van der Waals surface area contributed by atoms with Gasteiger partial charge >= 0.3 is 0 Å². The average molecular weight is 173 g/mol. The van der Waals surface area contributed by atoms with Gasteiger partial charge in [-0.1, -0.05) is 20.8 Å². The van der Waals surface area contributed by atoms with Crippen molar-refractivity contribution < 1.29 is 0 Å². The Balaban J connectivity index is 0. The van der Waals surface area contributed by atoms with Crippen LogP contribution in [-0.2, 0) is 0 Å². The first-order valence-electron chi connectivity index (χ1n) is 5.06. The summed E-state index contributed by atoms with van der Waals surface area (Å²) in [4.78, 5) is 0. The van der Waals surface area contributed by atoms with Gasteiger partial charge in [-0.25, -0.2) is 0 Å². The molecule has 0 aromatic carbocycles. The summed E-state index contributed by atoms with van der Waals surface area (Å²) >= 11 is 0. The van der Waals surface area contributed by atoms with Crippen LogP contribution in [0.4, 0.5) is 0 Å². The second kappa shape index (κ2) is 5.58. The fourth-order valence-electron chi connectivity index (χ4n) is 1.10. The highest BCUT2D eigenvalue weighted by atomic mass is 15.0. The predicted octanol–water partition coefficient (Wildman–Crippen LogP) is 3.59. The molecule has 0 saturated carbocycles. The third-order valence-electron chi connectivity index (χ3n) is 1.60. The van der Waals surface area contributed by atoms with Crippen molar-refractivity contribution in [2.45, 2.75) is 72.9 Å². The van der Waals surface area contributed by atoms with Crippen LogP contribution in [0.25, 0.3) is 0 Å². The van der Waals surface area contributed by atoms with Gasteiger partial charge in [0, 0.05) is 11.1 Å². The lowest BCUT2D eigenvalue weighted by atomic mass is 9.96. The molecule has 12 heavy (non-hydrogen) atoms. The van der Waals surface area contributed by atoms with Gasteiger partial charge in [0.2, 0.25) is 0 Å². The van der Waals surface area contributed by atoms with Gasteiger partial charge in [0.25, 0.3) is 0 Å². The van der Waals surface area contributed by atoms with Gasteiger partial charge in [-0.05, 0) is 41.0 Å². The maximum atomic E-state index is 3.55. The molecule has 0 amide bonds. The highest BCUT2D eigenvalue weighted by Gasteiger charge is 2.21. The summed E-state index contributed by atoms with van der Waals surface area (Å²) in [5.74, 6) is 0. The molecule has 76 valence electrons. The number of nitrogens with one attached hydrogen (secondary N) is 1. The van der Waals surface area contributed by atoms with Crippen molar-refractivity contribution in [1.82, 2.24) is 5.32 Å². The van der Waals surface area contributed by atoms with Crippen molar-refractivity contribution in [1.29, 1.82) is 0 Å². The highest BCUT2D eigenvalue weighted by molar-refractivity contribution is 4.83. The van der Waals surface area contributed by atoms with Gasteiger partial charge in [-0.3, -0.25) is 0 Å². The Hall–Kier alpha value is -0.0400. The van der Waals surface area contributed by atoms with Crippen LogP contribution >= 0.6 is 0 Å². The molecule has 0 atom stereocenters. The largest absolute Gasteiger partial charge is 0.307 e. The van der Waals surface area contributed by atoms with Crippen LogP contribution in [0.1, 0.15) is 61.8 Å². The molecule has 0 heterocycles. The Morgan fingerprint density at radius 1 is 0.917 bits per heavy atom. The molecule has 0 aliphatic rings. The van der Waals surface area contributed by atoms with Crippen LogP contribution < -0.4 is 5.32 Å². The minimum Gasteiger partial charge on any atom is -0.307 e. The first-order valence-corrected chi connectivity index (χ1v) is 5.06. The van der Waals surface area contributed by atoms with Gasteiger partial charge in [-0.2, -0.15) is 0 Å². The second-order valence-corrected chi connectivity index (χ2v) is 4.61. The Bertz CT molecular complexity index is 98.1. The Labute approximate surface area is 78.9 Å². The molecular formula is C11H27N. The molecule has 0 aliphatic carbocycles. The SMILES string of the molecule is CC.CCC(C)(C)NC(C)(C)C. The summed E-state index contributed by atoms with van der Waals surface area (Å²) in [6, 6.07) is 0. The van der Waals surface area contributed by atoms with Crippen molar-refractivity contribution in [3.63, 3.8) is 0 Å². The van der Waals surface area contributed by atoms with Gasteiger partial charge in [0.1, 0.15) is 0 Å². The first-order chi connectivity index (χ1) is 5.27. The smallest absolute Gasteiger partial charge is 0.0127 e. The average Bonchev–Trinajstić information content (AvgIpc) is 1.88. The number of hydrogen-bond acceptors (Lipinski definition) is 1. The van der Waals surface area contributed by atoms with Gasteiger partial charge in [0.05, 0.1) is 0 Å². The lowest BCUT2D eigenvalue weighted by Crippen LogP contribution is -2.49. The third kappa shape index (κ3) is 9.96. The van der Waals surface area contributed by atoms with Crippen LogP contribution in [0.5, 0.6) is 0 Å². The Kier molecular flexibility index (Phi) is 6.73. The van der Waals surface area contributed by atoms with E-state index < -0.39 is 0 Å². The molecule has 0 spiro atoms. The van der Waals surface area contributed by atoms with Crippen LogP contribution in [0, 0.1) is 0 Å². The molecule has 1 N–H and O–H groups in total. The van der Waals surface area contributed by atoms with Gasteiger partial charge in [0.15, 0.2) is 0 Å². The van der Waals surface area contributed by atoms with E-state index in [-0.39, 0.29) is 11.1 Å². The summed E-state index contributed by atoms with van der Waals surface area (Å²) in [6.45, 7) is 17.3. The zero-order valence-electron chi connectivity index (χ0n) is 10.2. The summed E-state index contributed by atoms with van der Waals surface area (Å²) in [6.07, 6.45) is 1.17. The molecule has 0 saturated heterocycles. The van der Waals surface area contributed by atoms with Crippen molar-refractivity contribution >= 4 is 0 Å². The van der Waals surface area contributed by atoms with E-state index >= 15 is 0 Å². The predicted molar refractivity (Wildman–Crippen MR) is 58.6 cm³/mol.